The van der Waals surface area contributed by atoms with Crippen LogP contribution < -0.4 is 5.32 Å². The minimum absolute atomic E-state index is 0.0772. The van der Waals surface area contributed by atoms with E-state index in [2.05, 4.69) is 10.3 Å². The number of aromatic amines is 1. The van der Waals surface area contributed by atoms with Crippen molar-refractivity contribution >= 4 is 17.7 Å². The average Bonchev–Trinajstić information content (AvgIpc) is 2.91. The van der Waals surface area contributed by atoms with Crippen molar-refractivity contribution in [1.82, 2.24) is 10.3 Å². The first-order valence-corrected chi connectivity index (χ1v) is 7.20. The van der Waals surface area contributed by atoms with Crippen molar-refractivity contribution in [2.75, 3.05) is 6.54 Å². The molecule has 21 heavy (non-hydrogen) atoms. The molecule has 6 heteroatoms. The summed E-state index contributed by atoms with van der Waals surface area (Å²) in [5.41, 5.74) is 0.889. The molecule has 1 amide bonds. The van der Waals surface area contributed by atoms with Crippen molar-refractivity contribution < 1.29 is 19.5 Å². The van der Waals surface area contributed by atoms with E-state index >= 15 is 0 Å². The fraction of sp³-hybridized carbons (Fsp3) is 0.533. The number of hydrogen-bond donors (Lipinski definition) is 3. The molecule has 1 heterocycles. The Bertz CT molecular complexity index is 494. The Hall–Kier alpha value is -2.11. The Morgan fingerprint density at radius 1 is 1.14 bits per heavy atom. The predicted molar refractivity (Wildman–Crippen MR) is 78.5 cm³/mol. The van der Waals surface area contributed by atoms with E-state index in [0.29, 0.717) is 24.2 Å². The van der Waals surface area contributed by atoms with Gasteiger partial charge >= 0.3 is 5.97 Å². The van der Waals surface area contributed by atoms with Crippen LogP contribution in [-0.2, 0) is 4.79 Å². The number of Topliss-reactive ketones (excluding diaryl/α,β-unsaturated/α-hetero) is 1. The van der Waals surface area contributed by atoms with E-state index in [4.69, 9.17) is 5.11 Å². The number of carboxylic acid groups (broad SMARTS) is 1. The standard InChI is InChI=1S/C15H22N2O4/c1-11(18)12-9-13(17-10-12)15(21)16-8-6-4-2-3-5-7-14(19)20/h9-10,17H,2-8H2,1H3,(H,16,21)(H,19,20). The van der Waals surface area contributed by atoms with Crippen LogP contribution in [0.2, 0.25) is 0 Å². The van der Waals surface area contributed by atoms with E-state index in [1.54, 1.807) is 6.07 Å². The number of carboxylic acids is 1. The van der Waals surface area contributed by atoms with Gasteiger partial charge in [-0.05, 0) is 25.8 Å². The van der Waals surface area contributed by atoms with Crippen LogP contribution in [0, 0.1) is 0 Å². The summed E-state index contributed by atoms with van der Waals surface area (Å²) < 4.78 is 0. The van der Waals surface area contributed by atoms with Gasteiger partial charge in [-0.25, -0.2) is 0 Å². The van der Waals surface area contributed by atoms with Crippen LogP contribution in [0.5, 0.6) is 0 Å². The van der Waals surface area contributed by atoms with Crippen molar-refractivity contribution in [2.45, 2.75) is 45.4 Å². The van der Waals surface area contributed by atoms with Crippen LogP contribution >= 0.6 is 0 Å². The zero-order valence-corrected chi connectivity index (χ0v) is 12.3. The van der Waals surface area contributed by atoms with Crippen molar-refractivity contribution in [3.63, 3.8) is 0 Å². The minimum atomic E-state index is -0.752. The maximum absolute atomic E-state index is 11.8. The third kappa shape index (κ3) is 6.74. The van der Waals surface area contributed by atoms with E-state index in [1.807, 2.05) is 0 Å². The average molecular weight is 294 g/mol. The highest BCUT2D eigenvalue weighted by atomic mass is 16.4. The van der Waals surface area contributed by atoms with Gasteiger partial charge in [0.05, 0.1) is 0 Å². The molecule has 0 bridgehead atoms. The van der Waals surface area contributed by atoms with E-state index in [9.17, 15) is 14.4 Å². The molecule has 0 saturated carbocycles. The molecule has 0 aliphatic heterocycles. The molecule has 0 aromatic carbocycles. The molecule has 0 atom stereocenters. The largest absolute Gasteiger partial charge is 0.481 e. The Morgan fingerprint density at radius 3 is 2.43 bits per heavy atom. The van der Waals surface area contributed by atoms with Gasteiger partial charge in [-0.3, -0.25) is 14.4 Å². The van der Waals surface area contributed by atoms with Crippen molar-refractivity contribution in [3.8, 4) is 0 Å². The Balaban J connectivity index is 2.10. The van der Waals surface area contributed by atoms with Gasteiger partial charge in [-0.2, -0.15) is 0 Å². The summed E-state index contributed by atoms with van der Waals surface area (Å²) in [5.74, 6) is -1.04. The van der Waals surface area contributed by atoms with E-state index < -0.39 is 5.97 Å². The molecule has 1 aromatic heterocycles. The minimum Gasteiger partial charge on any atom is -0.481 e. The first kappa shape index (κ1) is 16.9. The zero-order valence-electron chi connectivity index (χ0n) is 12.3. The van der Waals surface area contributed by atoms with Crippen LogP contribution in [0.15, 0.2) is 12.3 Å². The number of amides is 1. The van der Waals surface area contributed by atoms with Gasteiger partial charge < -0.3 is 15.4 Å². The number of nitrogens with one attached hydrogen (secondary N) is 2. The summed E-state index contributed by atoms with van der Waals surface area (Å²) in [6.45, 7) is 2.03. The lowest BCUT2D eigenvalue weighted by Gasteiger charge is -2.03. The van der Waals surface area contributed by atoms with Gasteiger partial charge in [-0.1, -0.05) is 19.3 Å². The third-order valence-electron chi connectivity index (χ3n) is 3.19. The molecule has 0 saturated heterocycles. The van der Waals surface area contributed by atoms with Gasteiger partial charge in [0.1, 0.15) is 5.69 Å². The van der Waals surface area contributed by atoms with E-state index in [0.717, 1.165) is 25.7 Å². The first-order chi connectivity index (χ1) is 10.0. The topological polar surface area (TPSA) is 99.3 Å². The Labute approximate surface area is 123 Å². The number of carbonyl (C=O) groups is 3. The van der Waals surface area contributed by atoms with Crippen molar-refractivity contribution in [1.29, 1.82) is 0 Å². The number of hydrogen-bond acceptors (Lipinski definition) is 3. The maximum Gasteiger partial charge on any atom is 0.303 e. The van der Waals surface area contributed by atoms with Crippen LogP contribution in [0.1, 0.15) is 66.3 Å². The smallest absolute Gasteiger partial charge is 0.303 e. The summed E-state index contributed by atoms with van der Waals surface area (Å²) in [6.07, 6.45) is 6.15. The van der Waals surface area contributed by atoms with Gasteiger partial charge in [0.2, 0.25) is 0 Å². The third-order valence-corrected chi connectivity index (χ3v) is 3.19. The van der Waals surface area contributed by atoms with Gasteiger partial charge in [0.25, 0.3) is 5.91 Å². The normalized spacial score (nSPS) is 10.3. The summed E-state index contributed by atoms with van der Waals surface area (Å²) >= 11 is 0. The Kier molecular flexibility index (Phi) is 7.21. The highest BCUT2D eigenvalue weighted by Gasteiger charge is 2.09. The second-order valence-electron chi connectivity index (χ2n) is 5.03. The lowest BCUT2D eigenvalue weighted by molar-refractivity contribution is -0.137. The Morgan fingerprint density at radius 2 is 1.81 bits per heavy atom. The number of ketones is 1. The number of rotatable bonds is 10. The molecule has 0 unspecified atom stereocenters. The summed E-state index contributed by atoms with van der Waals surface area (Å²) in [4.78, 5) is 36.0. The number of H-pyrrole nitrogens is 1. The molecular formula is C15H22N2O4. The molecule has 3 N–H and O–H groups in total. The quantitative estimate of drug-likeness (QED) is 0.455. The second kappa shape index (κ2) is 8.94. The predicted octanol–water partition coefficient (Wildman–Crippen LogP) is 2.37. The SMILES string of the molecule is CC(=O)c1c[nH]c(C(=O)NCCCCCCCC(=O)O)c1. The molecular weight excluding hydrogens is 272 g/mol. The molecule has 0 spiro atoms. The van der Waals surface area contributed by atoms with Crippen LogP contribution in [0.3, 0.4) is 0 Å². The van der Waals surface area contributed by atoms with Gasteiger partial charge in [-0.15, -0.1) is 0 Å². The molecule has 1 aromatic rings. The molecule has 1 rings (SSSR count). The molecule has 116 valence electrons. The molecule has 0 aliphatic rings. The number of carbonyl (C=O) groups excluding carboxylic acids is 2. The zero-order chi connectivity index (χ0) is 15.7. The summed E-state index contributed by atoms with van der Waals surface area (Å²) in [5, 5.41) is 11.3. The lowest BCUT2D eigenvalue weighted by Crippen LogP contribution is -2.24. The van der Waals surface area contributed by atoms with Crippen LogP contribution in [-0.4, -0.2) is 34.3 Å². The monoisotopic (exact) mass is 294 g/mol. The fourth-order valence-electron chi connectivity index (χ4n) is 1.96. The van der Waals surface area contributed by atoms with Crippen LogP contribution in [0.4, 0.5) is 0 Å². The van der Waals surface area contributed by atoms with Gasteiger partial charge in [0.15, 0.2) is 5.78 Å². The molecule has 0 aliphatic carbocycles. The molecule has 0 fully saturated rings. The number of aliphatic carboxylic acids is 1. The molecule has 6 nitrogen and oxygen atoms in total. The van der Waals surface area contributed by atoms with Crippen molar-refractivity contribution in [3.05, 3.63) is 23.5 Å². The van der Waals surface area contributed by atoms with Gasteiger partial charge in [0, 0.05) is 24.7 Å². The lowest BCUT2D eigenvalue weighted by atomic mass is 10.1. The fourth-order valence-corrected chi connectivity index (χ4v) is 1.96. The number of aromatic nitrogens is 1. The first-order valence-electron chi connectivity index (χ1n) is 7.20. The molecule has 0 radical (unpaired) electrons. The van der Waals surface area contributed by atoms with Crippen molar-refractivity contribution in [2.24, 2.45) is 0 Å². The van der Waals surface area contributed by atoms with E-state index in [1.165, 1.54) is 13.1 Å². The second-order valence-corrected chi connectivity index (χ2v) is 5.03. The highest BCUT2D eigenvalue weighted by molar-refractivity contribution is 5.99. The maximum atomic E-state index is 11.8. The summed E-state index contributed by atoms with van der Waals surface area (Å²) in [7, 11) is 0. The van der Waals surface area contributed by atoms with E-state index in [-0.39, 0.29) is 18.1 Å². The highest BCUT2D eigenvalue weighted by Crippen LogP contribution is 2.06. The number of unbranched alkanes of at least 4 members (excludes halogenated alkanes) is 4. The van der Waals surface area contributed by atoms with Crippen LogP contribution in [0.25, 0.3) is 0 Å². The summed E-state index contributed by atoms with van der Waals surface area (Å²) in [6, 6.07) is 1.55.